The van der Waals surface area contributed by atoms with E-state index in [-0.39, 0.29) is 18.0 Å². The summed E-state index contributed by atoms with van der Waals surface area (Å²) in [7, 11) is 3.17. The molecule has 7 heteroatoms. The van der Waals surface area contributed by atoms with E-state index in [0.29, 0.717) is 17.1 Å². The van der Waals surface area contributed by atoms with Crippen LogP contribution in [0.25, 0.3) is 0 Å². The summed E-state index contributed by atoms with van der Waals surface area (Å²) in [6.07, 6.45) is 2.81. The zero-order chi connectivity index (χ0) is 18.3. The summed E-state index contributed by atoms with van der Waals surface area (Å²) < 4.78 is 10.6. The van der Waals surface area contributed by atoms with Crippen molar-refractivity contribution in [3.63, 3.8) is 0 Å². The van der Waals surface area contributed by atoms with Gasteiger partial charge < -0.3 is 19.3 Å². The Hall–Kier alpha value is -2.83. The summed E-state index contributed by atoms with van der Waals surface area (Å²) in [6.45, 7) is 3.47. The monoisotopic (exact) mass is 354 g/mol. The Morgan fingerprint density at radius 1 is 1.15 bits per heavy atom. The van der Waals surface area contributed by atoms with Gasteiger partial charge in [0.1, 0.15) is 23.1 Å². The molecule has 0 radical (unpaired) electrons. The van der Waals surface area contributed by atoms with Crippen LogP contribution >= 0.6 is 0 Å². The van der Waals surface area contributed by atoms with Crippen molar-refractivity contribution in [2.24, 2.45) is 0 Å². The van der Waals surface area contributed by atoms with Crippen LogP contribution in [0.2, 0.25) is 0 Å². The molecule has 0 spiro atoms. The van der Waals surface area contributed by atoms with E-state index in [1.165, 1.54) is 0 Å². The number of aromatic nitrogens is 2. The molecule has 2 unspecified atom stereocenters. The van der Waals surface area contributed by atoms with E-state index < -0.39 is 0 Å². The van der Waals surface area contributed by atoms with E-state index in [1.54, 1.807) is 38.6 Å². The first-order valence-corrected chi connectivity index (χ1v) is 8.70. The third kappa shape index (κ3) is 2.73. The van der Waals surface area contributed by atoms with Crippen LogP contribution in [0.4, 0.5) is 5.82 Å². The molecule has 2 bridgehead atoms. The van der Waals surface area contributed by atoms with Gasteiger partial charge in [0.2, 0.25) is 0 Å². The molecule has 2 atom stereocenters. The van der Waals surface area contributed by atoms with Gasteiger partial charge in [0, 0.05) is 25.4 Å². The highest BCUT2D eigenvalue weighted by Gasteiger charge is 2.48. The molecule has 26 heavy (non-hydrogen) atoms. The second kappa shape index (κ2) is 6.48. The third-order valence-electron chi connectivity index (χ3n) is 5.15. The summed E-state index contributed by atoms with van der Waals surface area (Å²) in [6, 6.07) is 7.64. The first-order valence-electron chi connectivity index (χ1n) is 8.70. The second-order valence-electron chi connectivity index (χ2n) is 6.69. The minimum absolute atomic E-state index is 0.0178. The highest BCUT2D eigenvalue weighted by atomic mass is 16.5. The van der Waals surface area contributed by atoms with Crippen molar-refractivity contribution in [1.29, 1.82) is 0 Å². The number of benzene rings is 1. The molecule has 2 aromatic rings. The van der Waals surface area contributed by atoms with Gasteiger partial charge in [-0.1, -0.05) is 0 Å². The Bertz CT molecular complexity index is 829. The number of methoxy groups -OCH3 is 2. The van der Waals surface area contributed by atoms with Gasteiger partial charge in [-0.2, -0.15) is 0 Å². The number of hydrogen-bond donors (Lipinski definition) is 0. The topological polar surface area (TPSA) is 67.8 Å². The number of hydrogen-bond acceptors (Lipinski definition) is 6. The third-order valence-corrected chi connectivity index (χ3v) is 5.15. The molecule has 1 amide bonds. The van der Waals surface area contributed by atoms with Crippen LogP contribution in [-0.4, -0.2) is 60.2 Å². The fourth-order valence-corrected chi connectivity index (χ4v) is 3.86. The Morgan fingerprint density at radius 3 is 2.58 bits per heavy atom. The van der Waals surface area contributed by atoms with Crippen molar-refractivity contribution >= 4 is 11.7 Å². The van der Waals surface area contributed by atoms with Crippen molar-refractivity contribution in [3.05, 3.63) is 41.9 Å². The molecular formula is C19H22N4O3. The van der Waals surface area contributed by atoms with Crippen molar-refractivity contribution in [1.82, 2.24) is 14.9 Å². The number of rotatable bonds is 4. The second-order valence-corrected chi connectivity index (χ2v) is 6.69. The molecule has 3 aliphatic heterocycles. The van der Waals surface area contributed by atoms with Crippen molar-refractivity contribution in [2.45, 2.75) is 25.4 Å². The van der Waals surface area contributed by atoms with Gasteiger partial charge in [-0.3, -0.25) is 4.79 Å². The SMILES string of the molecule is COc1ccc(C(=O)N2C3CC2CN(c2ccnc(C)n2)C3)c(OC)c1. The molecule has 3 aliphatic rings. The number of nitrogens with zero attached hydrogens (tertiary/aromatic N) is 4. The number of piperazine rings is 1. The van der Waals surface area contributed by atoms with Gasteiger partial charge in [0.05, 0.1) is 31.9 Å². The van der Waals surface area contributed by atoms with Crippen molar-refractivity contribution in [2.75, 3.05) is 32.2 Å². The number of carbonyl (C=O) groups excluding carboxylic acids is 1. The Morgan fingerprint density at radius 2 is 1.92 bits per heavy atom. The molecule has 3 saturated heterocycles. The number of aryl methyl sites for hydroxylation is 1. The number of piperidine rings is 1. The lowest BCUT2D eigenvalue weighted by molar-refractivity contribution is 0.00551. The van der Waals surface area contributed by atoms with E-state index in [1.807, 2.05) is 17.9 Å². The van der Waals surface area contributed by atoms with Gasteiger partial charge in [-0.25, -0.2) is 9.97 Å². The van der Waals surface area contributed by atoms with Gasteiger partial charge >= 0.3 is 0 Å². The number of ether oxygens (including phenoxy) is 2. The maximum atomic E-state index is 13.1. The molecule has 4 heterocycles. The minimum Gasteiger partial charge on any atom is -0.497 e. The molecular weight excluding hydrogens is 332 g/mol. The van der Waals surface area contributed by atoms with Gasteiger partial charge in [0.15, 0.2) is 0 Å². The van der Waals surface area contributed by atoms with Crippen LogP contribution in [0.3, 0.4) is 0 Å². The summed E-state index contributed by atoms with van der Waals surface area (Å²) in [5, 5.41) is 0. The maximum Gasteiger partial charge on any atom is 0.258 e. The fourth-order valence-electron chi connectivity index (χ4n) is 3.86. The summed E-state index contributed by atoms with van der Waals surface area (Å²) in [5.41, 5.74) is 0.578. The van der Waals surface area contributed by atoms with Gasteiger partial charge in [0.25, 0.3) is 5.91 Å². The van der Waals surface area contributed by atoms with Crippen molar-refractivity contribution < 1.29 is 14.3 Å². The largest absolute Gasteiger partial charge is 0.497 e. The zero-order valence-electron chi connectivity index (χ0n) is 15.2. The Kier molecular flexibility index (Phi) is 4.14. The first kappa shape index (κ1) is 16.6. The molecule has 0 aliphatic carbocycles. The standard InChI is InChI=1S/C19H22N4O3/c1-12-20-7-6-18(21-12)22-10-13-8-14(11-22)23(13)19(24)16-5-4-15(25-2)9-17(16)26-3/h4-7,9,13-14H,8,10-11H2,1-3H3. The average Bonchev–Trinajstić information content (AvgIpc) is 2.67. The molecule has 0 N–H and O–H groups in total. The molecule has 7 nitrogen and oxygen atoms in total. The predicted molar refractivity (Wildman–Crippen MR) is 96.9 cm³/mol. The molecule has 1 aromatic carbocycles. The molecule has 0 saturated carbocycles. The lowest BCUT2D eigenvalue weighted by atomic mass is 9.86. The molecule has 3 fully saturated rings. The van der Waals surface area contributed by atoms with E-state index in [4.69, 9.17) is 9.47 Å². The molecule has 136 valence electrons. The number of amides is 1. The quantitative estimate of drug-likeness (QED) is 0.835. The van der Waals surface area contributed by atoms with Crippen LogP contribution in [0.15, 0.2) is 30.5 Å². The normalized spacial score (nSPS) is 21.2. The molecule has 5 rings (SSSR count). The predicted octanol–water partition coefficient (Wildman–Crippen LogP) is 1.91. The maximum absolute atomic E-state index is 13.1. The minimum atomic E-state index is 0.0178. The van der Waals surface area contributed by atoms with Gasteiger partial charge in [-0.15, -0.1) is 0 Å². The van der Waals surface area contributed by atoms with E-state index in [0.717, 1.165) is 31.2 Å². The lowest BCUT2D eigenvalue weighted by Crippen LogP contribution is -2.70. The summed E-state index contributed by atoms with van der Waals surface area (Å²) >= 11 is 0. The van der Waals surface area contributed by atoms with Crippen LogP contribution < -0.4 is 14.4 Å². The van der Waals surface area contributed by atoms with Crippen LogP contribution in [0.5, 0.6) is 11.5 Å². The molecule has 1 aromatic heterocycles. The average molecular weight is 354 g/mol. The van der Waals surface area contributed by atoms with Crippen LogP contribution in [-0.2, 0) is 0 Å². The van der Waals surface area contributed by atoms with E-state index in [2.05, 4.69) is 14.9 Å². The highest BCUT2D eigenvalue weighted by molar-refractivity contribution is 5.98. The van der Waals surface area contributed by atoms with E-state index in [9.17, 15) is 4.79 Å². The Balaban J connectivity index is 1.52. The van der Waals surface area contributed by atoms with E-state index >= 15 is 0 Å². The van der Waals surface area contributed by atoms with Crippen LogP contribution in [0.1, 0.15) is 22.6 Å². The Labute approximate surface area is 152 Å². The summed E-state index contributed by atoms with van der Waals surface area (Å²) in [5.74, 6) is 2.93. The first-order chi connectivity index (χ1) is 12.6. The van der Waals surface area contributed by atoms with Gasteiger partial charge in [-0.05, 0) is 31.5 Å². The highest BCUT2D eigenvalue weighted by Crippen LogP contribution is 2.37. The van der Waals surface area contributed by atoms with Crippen LogP contribution in [0, 0.1) is 6.92 Å². The van der Waals surface area contributed by atoms with Crippen molar-refractivity contribution in [3.8, 4) is 11.5 Å². The zero-order valence-corrected chi connectivity index (χ0v) is 15.2. The number of carbonyl (C=O) groups is 1. The lowest BCUT2D eigenvalue weighted by Gasteiger charge is -2.56. The number of anilines is 1. The smallest absolute Gasteiger partial charge is 0.258 e. The summed E-state index contributed by atoms with van der Waals surface area (Å²) in [4.78, 5) is 26.0. The fraction of sp³-hybridized carbons (Fsp3) is 0.421. The number of fused-ring (bicyclic) bond motifs is 2.